The molecule has 3 aromatic carbocycles. The molecule has 6 nitrogen and oxygen atoms in total. The minimum Gasteiger partial charge on any atom is -0.346 e. The average molecular weight is 550 g/mol. The Morgan fingerprint density at radius 1 is 0.444 bits per heavy atom. The SMILES string of the molecule is Clc1ccc(C2O[C@H]3[C@H](O2)[C@H]2COC(c4ccc(Cl)cc4)O[C@H]3COC(c3ccc(Cl)cc3)O2)cc1. The van der Waals surface area contributed by atoms with Crippen LogP contribution in [0.15, 0.2) is 72.8 Å². The van der Waals surface area contributed by atoms with Gasteiger partial charge in [0.15, 0.2) is 18.9 Å². The highest BCUT2D eigenvalue weighted by Gasteiger charge is 2.51. The molecule has 3 fully saturated rings. The van der Waals surface area contributed by atoms with Crippen molar-refractivity contribution in [2.45, 2.75) is 43.3 Å². The van der Waals surface area contributed by atoms with Crippen molar-refractivity contribution in [3.63, 3.8) is 0 Å². The summed E-state index contributed by atoms with van der Waals surface area (Å²) >= 11 is 18.3. The Kier molecular flexibility index (Phi) is 7.23. The van der Waals surface area contributed by atoms with Crippen molar-refractivity contribution in [2.75, 3.05) is 13.2 Å². The molecule has 3 heterocycles. The van der Waals surface area contributed by atoms with E-state index in [0.29, 0.717) is 15.1 Å². The van der Waals surface area contributed by atoms with Crippen molar-refractivity contribution in [1.82, 2.24) is 0 Å². The molecule has 0 radical (unpaired) electrons. The first kappa shape index (κ1) is 24.6. The Bertz CT molecular complexity index is 1100. The zero-order valence-electron chi connectivity index (χ0n) is 19.0. The fourth-order valence-corrected chi connectivity index (χ4v) is 5.00. The highest BCUT2D eigenvalue weighted by molar-refractivity contribution is 6.31. The summed E-state index contributed by atoms with van der Waals surface area (Å²) < 4.78 is 38.2. The molecule has 7 atom stereocenters. The van der Waals surface area contributed by atoms with Crippen LogP contribution in [0.1, 0.15) is 35.6 Å². The largest absolute Gasteiger partial charge is 0.346 e. The van der Waals surface area contributed by atoms with Crippen molar-refractivity contribution in [1.29, 1.82) is 0 Å². The van der Waals surface area contributed by atoms with Gasteiger partial charge < -0.3 is 28.4 Å². The van der Waals surface area contributed by atoms with Gasteiger partial charge >= 0.3 is 0 Å². The molecule has 3 saturated heterocycles. The predicted octanol–water partition coefficient (Wildman–Crippen LogP) is 6.66. The quantitative estimate of drug-likeness (QED) is 0.364. The van der Waals surface area contributed by atoms with Crippen molar-refractivity contribution in [2.24, 2.45) is 0 Å². The van der Waals surface area contributed by atoms with E-state index >= 15 is 0 Å². The molecule has 0 spiro atoms. The second-order valence-corrected chi connectivity index (χ2v) is 10.2. The lowest BCUT2D eigenvalue weighted by Gasteiger charge is -2.40. The number of rotatable bonds is 3. The van der Waals surface area contributed by atoms with E-state index < -0.39 is 43.3 Å². The molecular weight excluding hydrogens is 527 g/mol. The van der Waals surface area contributed by atoms with Crippen LogP contribution >= 0.6 is 34.8 Å². The van der Waals surface area contributed by atoms with Crippen LogP contribution in [0.5, 0.6) is 0 Å². The number of ether oxygens (including phenoxy) is 6. The lowest BCUT2D eigenvalue weighted by Crippen LogP contribution is -2.53. The molecule has 0 N–H and O–H groups in total. The topological polar surface area (TPSA) is 55.4 Å². The number of benzene rings is 3. The van der Waals surface area contributed by atoms with Crippen LogP contribution in [0.4, 0.5) is 0 Å². The van der Waals surface area contributed by atoms with Gasteiger partial charge in [-0.3, -0.25) is 0 Å². The molecule has 0 aromatic heterocycles. The van der Waals surface area contributed by atoms with E-state index in [0.717, 1.165) is 16.7 Å². The van der Waals surface area contributed by atoms with Crippen molar-refractivity contribution >= 4 is 34.8 Å². The Hall–Kier alpha value is -1.71. The summed E-state index contributed by atoms with van der Waals surface area (Å²) in [4.78, 5) is 0. The molecule has 3 aliphatic heterocycles. The van der Waals surface area contributed by atoms with Crippen LogP contribution in [0.25, 0.3) is 0 Å². The molecule has 9 heteroatoms. The first-order chi connectivity index (χ1) is 17.5. The van der Waals surface area contributed by atoms with Crippen molar-refractivity contribution < 1.29 is 28.4 Å². The summed E-state index contributed by atoms with van der Waals surface area (Å²) in [5.74, 6) is 0. The van der Waals surface area contributed by atoms with Gasteiger partial charge in [-0.2, -0.15) is 0 Å². The minimum atomic E-state index is -0.645. The normalized spacial score (nSPS) is 32.2. The van der Waals surface area contributed by atoms with Gasteiger partial charge in [0.05, 0.1) is 13.2 Å². The summed E-state index contributed by atoms with van der Waals surface area (Å²) in [6.45, 7) is 0.399. The van der Waals surface area contributed by atoms with E-state index in [1.54, 1.807) is 24.3 Å². The number of hydrogen-bond acceptors (Lipinski definition) is 6. The third-order valence-electron chi connectivity index (χ3n) is 6.47. The molecule has 3 unspecified atom stereocenters. The third-order valence-corrected chi connectivity index (χ3v) is 7.22. The molecule has 36 heavy (non-hydrogen) atoms. The number of hydrogen-bond donors (Lipinski definition) is 0. The molecule has 0 saturated carbocycles. The average Bonchev–Trinajstić information content (AvgIpc) is 3.31. The Morgan fingerprint density at radius 3 is 1.14 bits per heavy atom. The van der Waals surface area contributed by atoms with Gasteiger partial charge in [-0.05, 0) is 36.4 Å². The van der Waals surface area contributed by atoms with Gasteiger partial charge in [0.25, 0.3) is 0 Å². The summed E-state index contributed by atoms with van der Waals surface area (Å²) in [5, 5.41) is 1.91. The van der Waals surface area contributed by atoms with Crippen LogP contribution in [-0.4, -0.2) is 37.6 Å². The standard InChI is InChI=1S/C27H23Cl3O6/c28-18-7-1-15(2-8-18)25-31-13-22-24-23(35-27(36-24)17-5-11-20(30)12-6-17)21(33-25)14-32-26(34-22)16-3-9-19(29)10-4-16/h1-12,21-27H,13-14H2/t21-,22+,23-,24-,25?,26?,27?/m1/s1. The van der Waals surface area contributed by atoms with Gasteiger partial charge in [-0.15, -0.1) is 0 Å². The molecule has 0 amide bonds. The maximum absolute atomic E-state index is 6.47. The molecular formula is C27H23Cl3O6. The zero-order valence-corrected chi connectivity index (χ0v) is 21.2. The van der Waals surface area contributed by atoms with Crippen molar-refractivity contribution in [3.8, 4) is 0 Å². The fourth-order valence-electron chi connectivity index (χ4n) is 4.62. The van der Waals surface area contributed by atoms with Gasteiger partial charge in [0, 0.05) is 31.8 Å². The lowest BCUT2D eigenvalue weighted by atomic mass is 10.0. The van der Waals surface area contributed by atoms with Gasteiger partial charge in [0.1, 0.15) is 24.4 Å². The number of halogens is 3. The van der Waals surface area contributed by atoms with E-state index in [-0.39, 0.29) is 13.2 Å². The molecule has 6 rings (SSSR count). The summed E-state index contributed by atoms with van der Waals surface area (Å²) in [7, 11) is 0. The monoisotopic (exact) mass is 548 g/mol. The van der Waals surface area contributed by atoms with E-state index in [4.69, 9.17) is 63.2 Å². The summed E-state index contributed by atoms with van der Waals surface area (Å²) in [6, 6.07) is 22.1. The van der Waals surface area contributed by atoms with Gasteiger partial charge in [-0.1, -0.05) is 71.2 Å². The van der Waals surface area contributed by atoms with E-state index in [1.165, 1.54) is 0 Å². The predicted molar refractivity (Wildman–Crippen MR) is 134 cm³/mol. The van der Waals surface area contributed by atoms with Crippen molar-refractivity contribution in [3.05, 3.63) is 105 Å². The van der Waals surface area contributed by atoms with Crippen LogP contribution < -0.4 is 0 Å². The third kappa shape index (κ3) is 5.16. The second-order valence-electron chi connectivity index (χ2n) is 8.87. The molecule has 188 valence electrons. The van der Waals surface area contributed by atoms with E-state index in [1.807, 2.05) is 48.5 Å². The fraction of sp³-hybridized carbons (Fsp3) is 0.333. The molecule has 0 aliphatic carbocycles. The first-order valence-electron chi connectivity index (χ1n) is 11.6. The van der Waals surface area contributed by atoms with Crippen LogP contribution in [0.2, 0.25) is 15.1 Å². The smallest absolute Gasteiger partial charge is 0.184 e. The van der Waals surface area contributed by atoms with E-state index in [2.05, 4.69) is 0 Å². The lowest BCUT2D eigenvalue weighted by molar-refractivity contribution is -0.304. The highest BCUT2D eigenvalue weighted by atomic mass is 35.5. The zero-order chi connectivity index (χ0) is 24.6. The van der Waals surface area contributed by atoms with Gasteiger partial charge in [-0.25, -0.2) is 0 Å². The minimum absolute atomic E-state index is 0.200. The molecule has 3 aromatic rings. The second kappa shape index (κ2) is 10.6. The highest BCUT2D eigenvalue weighted by Crippen LogP contribution is 2.42. The Labute approximate surface area is 223 Å². The van der Waals surface area contributed by atoms with Crippen LogP contribution in [0, 0.1) is 0 Å². The van der Waals surface area contributed by atoms with Crippen LogP contribution in [0.3, 0.4) is 0 Å². The Morgan fingerprint density at radius 2 is 0.778 bits per heavy atom. The maximum Gasteiger partial charge on any atom is 0.184 e. The molecule has 3 aliphatic rings. The van der Waals surface area contributed by atoms with E-state index in [9.17, 15) is 0 Å². The first-order valence-corrected chi connectivity index (χ1v) is 12.8. The summed E-state index contributed by atoms with van der Waals surface area (Å²) in [5.41, 5.74) is 2.53. The maximum atomic E-state index is 6.47. The van der Waals surface area contributed by atoms with Crippen LogP contribution in [-0.2, 0) is 28.4 Å². The molecule has 2 bridgehead atoms. The Balaban J connectivity index is 1.32. The summed E-state index contributed by atoms with van der Waals surface area (Å²) in [6.07, 6.45) is -3.76. The van der Waals surface area contributed by atoms with Gasteiger partial charge in [0.2, 0.25) is 0 Å².